The quantitative estimate of drug-likeness (QED) is 0.748. The zero-order chi connectivity index (χ0) is 11.8. The molecule has 0 heterocycles. The smallest absolute Gasteiger partial charge is 0.328 e. The largest absolute Gasteiger partial charge is 0.480 e. The molecule has 0 aromatic heterocycles. The number of carboxylic acid groups (broad SMARTS) is 1. The number of carboxylic acids is 1. The highest BCUT2D eigenvalue weighted by molar-refractivity contribution is 5.83. The van der Waals surface area contributed by atoms with Gasteiger partial charge in [-0.25, -0.2) is 4.79 Å². The molecule has 1 rings (SSSR count). The maximum absolute atomic E-state index is 10.9. The van der Waals surface area contributed by atoms with Crippen LogP contribution in [0.3, 0.4) is 0 Å². The van der Waals surface area contributed by atoms with Crippen LogP contribution in [0.4, 0.5) is 0 Å². The summed E-state index contributed by atoms with van der Waals surface area (Å²) < 4.78 is 0. The number of rotatable bonds is 6. The van der Waals surface area contributed by atoms with Crippen molar-refractivity contribution in [1.82, 2.24) is 0 Å². The zero-order valence-corrected chi connectivity index (χ0v) is 9.47. The maximum Gasteiger partial charge on any atom is 0.328 e. The molecule has 0 saturated heterocycles. The topological polar surface area (TPSA) is 49.7 Å². The van der Waals surface area contributed by atoms with Gasteiger partial charge >= 0.3 is 5.97 Å². The molecule has 3 nitrogen and oxygen atoms in total. The summed E-state index contributed by atoms with van der Waals surface area (Å²) in [6.45, 7) is 2.04. The Kier molecular flexibility index (Phi) is 5.26. The SMILES string of the molecule is CCCC[C@H](N=Cc1ccccc1)C(=O)O. The summed E-state index contributed by atoms with van der Waals surface area (Å²) in [4.78, 5) is 15.0. The number of carbonyl (C=O) groups is 1. The fourth-order valence-electron chi connectivity index (χ4n) is 1.37. The van der Waals surface area contributed by atoms with Gasteiger partial charge in [-0.05, 0) is 12.0 Å². The van der Waals surface area contributed by atoms with E-state index in [1.807, 2.05) is 37.3 Å². The van der Waals surface area contributed by atoms with E-state index in [2.05, 4.69) is 4.99 Å². The molecule has 1 N–H and O–H groups in total. The number of aliphatic imine (C=N–C) groups is 1. The van der Waals surface area contributed by atoms with Gasteiger partial charge in [0.15, 0.2) is 0 Å². The van der Waals surface area contributed by atoms with E-state index in [1.165, 1.54) is 0 Å². The predicted molar refractivity (Wildman–Crippen MR) is 65.0 cm³/mol. The summed E-state index contributed by atoms with van der Waals surface area (Å²) in [7, 11) is 0. The molecule has 0 aliphatic heterocycles. The molecular formula is C13H17NO2. The van der Waals surface area contributed by atoms with E-state index < -0.39 is 12.0 Å². The Labute approximate surface area is 95.8 Å². The highest BCUT2D eigenvalue weighted by atomic mass is 16.4. The first kappa shape index (κ1) is 12.4. The first-order valence-corrected chi connectivity index (χ1v) is 5.55. The summed E-state index contributed by atoms with van der Waals surface area (Å²) in [6, 6.07) is 8.93. The van der Waals surface area contributed by atoms with E-state index >= 15 is 0 Å². The molecule has 0 bridgehead atoms. The highest BCUT2D eigenvalue weighted by Crippen LogP contribution is 2.05. The van der Waals surface area contributed by atoms with Crippen molar-refractivity contribution < 1.29 is 9.90 Å². The van der Waals surface area contributed by atoms with Gasteiger partial charge in [-0.3, -0.25) is 4.99 Å². The van der Waals surface area contributed by atoms with Crippen LogP contribution in [0.2, 0.25) is 0 Å². The number of benzene rings is 1. The van der Waals surface area contributed by atoms with E-state index in [1.54, 1.807) is 6.21 Å². The van der Waals surface area contributed by atoms with Gasteiger partial charge in [-0.15, -0.1) is 0 Å². The third-order valence-corrected chi connectivity index (χ3v) is 2.32. The number of nitrogens with zero attached hydrogens (tertiary/aromatic N) is 1. The lowest BCUT2D eigenvalue weighted by Crippen LogP contribution is -2.17. The number of unbranched alkanes of at least 4 members (excludes halogenated alkanes) is 1. The Morgan fingerprint density at radius 2 is 2.12 bits per heavy atom. The molecule has 0 radical (unpaired) electrons. The Balaban J connectivity index is 2.61. The maximum atomic E-state index is 10.9. The van der Waals surface area contributed by atoms with E-state index in [4.69, 9.17) is 5.11 Å². The monoisotopic (exact) mass is 219 g/mol. The van der Waals surface area contributed by atoms with Crippen LogP contribution in [0.1, 0.15) is 31.7 Å². The Morgan fingerprint density at radius 3 is 2.69 bits per heavy atom. The van der Waals surface area contributed by atoms with Crippen molar-refractivity contribution in [1.29, 1.82) is 0 Å². The lowest BCUT2D eigenvalue weighted by atomic mass is 10.1. The van der Waals surface area contributed by atoms with Crippen molar-refractivity contribution in [2.45, 2.75) is 32.2 Å². The summed E-state index contributed by atoms with van der Waals surface area (Å²) in [6.07, 6.45) is 4.12. The van der Waals surface area contributed by atoms with Crippen molar-refractivity contribution in [2.75, 3.05) is 0 Å². The fraction of sp³-hybridized carbons (Fsp3) is 0.385. The number of hydrogen-bond acceptors (Lipinski definition) is 2. The Bertz CT molecular complexity index is 346. The van der Waals surface area contributed by atoms with Crippen molar-refractivity contribution in [3.63, 3.8) is 0 Å². The summed E-state index contributed by atoms with van der Waals surface area (Å²) in [5.74, 6) is -0.847. The molecule has 16 heavy (non-hydrogen) atoms. The van der Waals surface area contributed by atoms with Gasteiger partial charge in [0.1, 0.15) is 6.04 Å². The zero-order valence-electron chi connectivity index (χ0n) is 9.47. The standard InChI is InChI=1S/C13H17NO2/c1-2-3-9-12(13(15)16)14-10-11-7-5-4-6-8-11/h4-8,10,12H,2-3,9H2,1H3,(H,15,16)/t12-/m0/s1. The molecule has 0 spiro atoms. The lowest BCUT2D eigenvalue weighted by molar-refractivity contribution is -0.138. The van der Waals surface area contributed by atoms with Crippen molar-refractivity contribution in [3.05, 3.63) is 35.9 Å². The number of aliphatic carboxylic acids is 1. The van der Waals surface area contributed by atoms with Gasteiger partial charge in [0.2, 0.25) is 0 Å². The van der Waals surface area contributed by atoms with E-state index in [9.17, 15) is 4.79 Å². The molecule has 86 valence electrons. The van der Waals surface area contributed by atoms with Crippen molar-refractivity contribution >= 4 is 12.2 Å². The second-order valence-corrected chi connectivity index (χ2v) is 3.69. The molecule has 1 aromatic carbocycles. The molecular weight excluding hydrogens is 202 g/mol. The predicted octanol–water partition coefficient (Wildman–Crippen LogP) is 2.75. The molecule has 0 fully saturated rings. The number of hydrogen-bond donors (Lipinski definition) is 1. The van der Waals surface area contributed by atoms with Gasteiger partial charge in [-0.2, -0.15) is 0 Å². The summed E-state index contributed by atoms with van der Waals surface area (Å²) in [5.41, 5.74) is 0.935. The molecule has 3 heteroatoms. The lowest BCUT2D eigenvalue weighted by Gasteiger charge is -2.05. The van der Waals surface area contributed by atoms with Crippen LogP contribution in [-0.4, -0.2) is 23.3 Å². The van der Waals surface area contributed by atoms with Crippen LogP contribution in [0.25, 0.3) is 0 Å². The highest BCUT2D eigenvalue weighted by Gasteiger charge is 2.13. The second-order valence-electron chi connectivity index (χ2n) is 3.69. The molecule has 1 atom stereocenters. The van der Waals surface area contributed by atoms with E-state index in [0.717, 1.165) is 18.4 Å². The summed E-state index contributed by atoms with van der Waals surface area (Å²) >= 11 is 0. The van der Waals surface area contributed by atoms with Crippen LogP contribution < -0.4 is 0 Å². The van der Waals surface area contributed by atoms with Gasteiger partial charge in [0.25, 0.3) is 0 Å². The second kappa shape index (κ2) is 6.77. The minimum atomic E-state index is -0.847. The van der Waals surface area contributed by atoms with Crippen LogP contribution in [0.5, 0.6) is 0 Å². The summed E-state index contributed by atoms with van der Waals surface area (Å²) in [5, 5.41) is 8.96. The van der Waals surface area contributed by atoms with Gasteiger partial charge in [-0.1, -0.05) is 50.1 Å². The molecule has 0 aliphatic carbocycles. The molecule has 0 saturated carbocycles. The normalized spacial score (nSPS) is 12.8. The third kappa shape index (κ3) is 4.26. The average Bonchev–Trinajstić information content (AvgIpc) is 2.30. The minimum absolute atomic E-state index is 0.606. The van der Waals surface area contributed by atoms with E-state index in [0.29, 0.717) is 6.42 Å². The van der Waals surface area contributed by atoms with Crippen molar-refractivity contribution in [3.8, 4) is 0 Å². The van der Waals surface area contributed by atoms with Crippen molar-refractivity contribution in [2.24, 2.45) is 4.99 Å². The van der Waals surface area contributed by atoms with Gasteiger partial charge in [0, 0.05) is 6.21 Å². The minimum Gasteiger partial charge on any atom is -0.480 e. The van der Waals surface area contributed by atoms with Gasteiger partial charge < -0.3 is 5.11 Å². The van der Waals surface area contributed by atoms with E-state index in [-0.39, 0.29) is 0 Å². The molecule has 0 aliphatic rings. The average molecular weight is 219 g/mol. The van der Waals surface area contributed by atoms with Crippen LogP contribution in [0.15, 0.2) is 35.3 Å². The first-order chi connectivity index (χ1) is 7.74. The first-order valence-electron chi connectivity index (χ1n) is 5.55. The Hall–Kier alpha value is -1.64. The van der Waals surface area contributed by atoms with Crippen LogP contribution in [0, 0.1) is 0 Å². The molecule has 0 unspecified atom stereocenters. The Morgan fingerprint density at radius 1 is 1.44 bits per heavy atom. The molecule has 0 amide bonds. The third-order valence-electron chi connectivity index (χ3n) is 2.32. The van der Waals surface area contributed by atoms with Crippen LogP contribution >= 0.6 is 0 Å². The molecule has 1 aromatic rings. The fourth-order valence-corrected chi connectivity index (χ4v) is 1.37. The van der Waals surface area contributed by atoms with Gasteiger partial charge in [0.05, 0.1) is 0 Å². The van der Waals surface area contributed by atoms with Crippen LogP contribution in [-0.2, 0) is 4.79 Å².